The summed E-state index contributed by atoms with van der Waals surface area (Å²) in [4.78, 5) is 18.0. The van der Waals surface area contributed by atoms with Gasteiger partial charge in [-0.25, -0.2) is 0 Å². The SMILES string of the molecule is CCC(=O)N(c1ccccc1)C1CC2CCCC(C1)N2CC1CC2CCCC(C2)C1. The minimum absolute atomic E-state index is 0.290. The maximum atomic E-state index is 13.0. The Morgan fingerprint density at radius 1 is 0.900 bits per heavy atom. The molecule has 0 N–H and O–H groups in total. The van der Waals surface area contributed by atoms with Gasteiger partial charge in [-0.1, -0.05) is 50.8 Å². The van der Waals surface area contributed by atoms with E-state index in [0.717, 1.165) is 36.3 Å². The summed E-state index contributed by atoms with van der Waals surface area (Å²) in [6, 6.07) is 12.2. The first-order chi connectivity index (χ1) is 14.7. The molecule has 2 heterocycles. The van der Waals surface area contributed by atoms with Crippen molar-refractivity contribution >= 4 is 11.6 Å². The average molecular weight is 409 g/mol. The zero-order valence-corrected chi connectivity index (χ0v) is 18.8. The molecular weight excluding hydrogens is 368 g/mol. The lowest BCUT2D eigenvalue weighted by molar-refractivity contribution is -0.119. The Balaban J connectivity index is 1.30. The first-order valence-corrected chi connectivity index (χ1v) is 12.8. The number of hydrogen-bond acceptors (Lipinski definition) is 2. The lowest BCUT2D eigenvalue weighted by Crippen LogP contribution is -2.59. The molecule has 4 bridgehead atoms. The number of benzene rings is 1. The molecule has 1 amide bonds. The Morgan fingerprint density at radius 3 is 2.17 bits per heavy atom. The quantitative estimate of drug-likeness (QED) is 0.594. The van der Waals surface area contributed by atoms with Crippen LogP contribution in [0.1, 0.15) is 84.0 Å². The lowest BCUT2D eigenvalue weighted by Gasteiger charge is -2.53. The number of fused-ring (bicyclic) bond motifs is 4. The van der Waals surface area contributed by atoms with Crippen LogP contribution in [-0.4, -0.2) is 35.5 Å². The normalized spacial score (nSPS) is 36.3. The Labute approximate surface area is 183 Å². The summed E-state index contributed by atoms with van der Waals surface area (Å²) < 4.78 is 0. The maximum absolute atomic E-state index is 13.0. The Hall–Kier alpha value is -1.35. The molecular formula is C27H40N2O. The van der Waals surface area contributed by atoms with Gasteiger partial charge in [0.05, 0.1) is 0 Å². The molecule has 4 unspecified atom stereocenters. The van der Waals surface area contributed by atoms with Gasteiger partial charge >= 0.3 is 0 Å². The Kier molecular flexibility index (Phi) is 6.18. The van der Waals surface area contributed by atoms with Crippen molar-refractivity contribution in [2.75, 3.05) is 11.4 Å². The predicted octanol–water partition coefficient (Wildman–Crippen LogP) is 6.03. The van der Waals surface area contributed by atoms with Crippen LogP contribution in [0, 0.1) is 17.8 Å². The molecule has 5 rings (SSSR count). The molecule has 3 heteroatoms. The van der Waals surface area contributed by atoms with Crippen molar-refractivity contribution in [3.05, 3.63) is 30.3 Å². The number of hydrogen-bond donors (Lipinski definition) is 0. The zero-order valence-electron chi connectivity index (χ0n) is 18.8. The summed E-state index contributed by atoms with van der Waals surface area (Å²) in [5.74, 6) is 3.26. The van der Waals surface area contributed by atoms with Crippen molar-refractivity contribution in [3.63, 3.8) is 0 Å². The fraction of sp³-hybridized carbons (Fsp3) is 0.741. The monoisotopic (exact) mass is 408 g/mol. The van der Waals surface area contributed by atoms with E-state index in [2.05, 4.69) is 40.1 Å². The van der Waals surface area contributed by atoms with Gasteiger partial charge in [0.25, 0.3) is 0 Å². The van der Waals surface area contributed by atoms with E-state index >= 15 is 0 Å². The van der Waals surface area contributed by atoms with Gasteiger partial charge in [-0.05, 0) is 74.8 Å². The van der Waals surface area contributed by atoms with Crippen LogP contribution < -0.4 is 4.90 Å². The molecule has 4 fully saturated rings. The lowest BCUT2D eigenvalue weighted by atomic mass is 9.67. The van der Waals surface area contributed by atoms with E-state index < -0.39 is 0 Å². The van der Waals surface area contributed by atoms with Gasteiger partial charge in [0.1, 0.15) is 0 Å². The van der Waals surface area contributed by atoms with Crippen LogP contribution in [0.25, 0.3) is 0 Å². The summed E-state index contributed by atoms with van der Waals surface area (Å²) >= 11 is 0. The summed E-state index contributed by atoms with van der Waals surface area (Å²) in [5, 5.41) is 0. The minimum Gasteiger partial charge on any atom is -0.309 e. The number of nitrogens with zero attached hydrogens (tertiary/aromatic N) is 2. The standard InChI is InChI=1S/C27H40N2O/c1-2-27(30)29(23-10-4-3-5-11-23)26-17-24-12-7-13-25(18-26)28(24)19-22-15-20-8-6-9-21(14-20)16-22/h3-5,10-11,20-22,24-26H,2,6-9,12-19H2,1H3. The number of carbonyl (C=O) groups is 1. The molecule has 4 atom stereocenters. The number of piperidine rings is 2. The molecule has 0 radical (unpaired) electrons. The van der Waals surface area contributed by atoms with Crippen LogP contribution in [0.4, 0.5) is 5.69 Å². The molecule has 2 saturated heterocycles. The van der Waals surface area contributed by atoms with Crippen molar-refractivity contribution in [1.29, 1.82) is 0 Å². The average Bonchev–Trinajstić information content (AvgIpc) is 2.74. The van der Waals surface area contributed by atoms with Gasteiger partial charge in [0.2, 0.25) is 5.91 Å². The molecule has 2 aliphatic carbocycles. The highest BCUT2D eigenvalue weighted by atomic mass is 16.2. The van der Waals surface area contributed by atoms with Gasteiger partial charge in [0.15, 0.2) is 0 Å². The third-order valence-corrected chi connectivity index (χ3v) is 8.77. The fourth-order valence-electron chi connectivity index (χ4n) is 7.59. The first kappa shape index (κ1) is 20.5. The second kappa shape index (κ2) is 9.02. The Morgan fingerprint density at radius 2 is 1.53 bits per heavy atom. The molecule has 0 spiro atoms. The van der Waals surface area contributed by atoms with Gasteiger partial charge in [-0.3, -0.25) is 9.69 Å². The molecule has 4 aliphatic rings. The van der Waals surface area contributed by atoms with Gasteiger partial charge in [0, 0.05) is 36.8 Å². The summed E-state index contributed by atoms with van der Waals surface area (Å²) in [7, 11) is 0. The molecule has 0 aromatic heterocycles. The van der Waals surface area contributed by atoms with Crippen molar-refractivity contribution in [2.24, 2.45) is 17.8 Å². The molecule has 2 saturated carbocycles. The van der Waals surface area contributed by atoms with Gasteiger partial charge in [-0.15, -0.1) is 0 Å². The van der Waals surface area contributed by atoms with E-state index in [4.69, 9.17) is 0 Å². The largest absolute Gasteiger partial charge is 0.309 e. The summed E-state index contributed by atoms with van der Waals surface area (Å²) in [6.45, 7) is 3.34. The third-order valence-electron chi connectivity index (χ3n) is 8.77. The van der Waals surface area contributed by atoms with E-state index in [1.165, 1.54) is 64.3 Å². The smallest absolute Gasteiger partial charge is 0.226 e. The van der Waals surface area contributed by atoms with Crippen molar-refractivity contribution in [3.8, 4) is 0 Å². The van der Waals surface area contributed by atoms with Crippen LogP contribution >= 0.6 is 0 Å². The van der Waals surface area contributed by atoms with Crippen LogP contribution in [0.15, 0.2) is 30.3 Å². The van der Waals surface area contributed by atoms with Crippen LogP contribution in [0.2, 0.25) is 0 Å². The Bertz CT molecular complexity index is 693. The molecule has 164 valence electrons. The number of para-hydroxylation sites is 1. The van der Waals surface area contributed by atoms with Crippen molar-refractivity contribution in [2.45, 2.75) is 102 Å². The number of amides is 1. The first-order valence-electron chi connectivity index (χ1n) is 12.8. The highest BCUT2D eigenvalue weighted by molar-refractivity contribution is 5.93. The second-order valence-electron chi connectivity index (χ2n) is 10.7. The van der Waals surface area contributed by atoms with Crippen molar-refractivity contribution in [1.82, 2.24) is 4.90 Å². The van der Waals surface area contributed by atoms with E-state index in [0.29, 0.717) is 24.5 Å². The fourth-order valence-corrected chi connectivity index (χ4v) is 7.59. The number of anilines is 1. The van der Waals surface area contributed by atoms with E-state index in [1.54, 1.807) is 0 Å². The molecule has 30 heavy (non-hydrogen) atoms. The maximum Gasteiger partial charge on any atom is 0.226 e. The second-order valence-corrected chi connectivity index (χ2v) is 10.7. The highest BCUT2D eigenvalue weighted by Crippen LogP contribution is 2.45. The zero-order chi connectivity index (χ0) is 20.5. The molecule has 1 aromatic carbocycles. The van der Waals surface area contributed by atoms with Crippen LogP contribution in [-0.2, 0) is 4.79 Å². The minimum atomic E-state index is 0.290. The number of rotatable bonds is 5. The van der Waals surface area contributed by atoms with E-state index in [9.17, 15) is 4.79 Å². The number of carbonyl (C=O) groups excluding carboxylic acids is 1. The summed E-state index contributed by atoms with van der Waals surface area (Å²) in [5.41, 5.74) is 1.10. The van der Waals surface area contributed by atoms with E-state index in [1.807, 2.05) is 6.92 Å². The van der Waals surface area contributed by atoms with Crippen molar-refractivity contribution < 1.29 is 4.79 Å². The predicted molar refractivity (Wildman–Crippen MR) is 124 cm³/mol. The van der Waals surface area contributed by atoms with Gasteiger partial charge < -0.3 is 4.90 Å². The van der Waals surface area contributed by atoms with Crippen LogP contribution in [0.5, 0.6) is 0 Å². The summed E-state index contributed by atoms with van der Waals surface area (Å²) in [6.07, 6.45) is 15.9. The highest BCUT2D eigenvalue weighted by Gasteiger charge is 2.43. The molecule has 3 nitrogen and oxygen atoms in total. The third kappa shape index (κ3) is 4.20. The van der Waals surface area contributed by atoms with Crippen LogP contribution in [0.3, 0.4) is 0 Å². The van der Waals surface area contributed by atoms with Gasteiger partial charge in [-0.2, -0.15) is 0 Å². The molecule has 1 aromatic rings. The van der Waals surface area contributed by atoms with E-state index in [-0.39, 0.29) is 5.91 Å². The topological polar surface area (TPSA) is 23.6 Å². The molecule has 2 aliphatic heterocycles.